The summed E-state index contributed by atoms with van der Waals surface area (Å²) in [5.41, 5.74) is 9.73. The number of rotatable bonds is 2. The molecule has 0 fully saturated rings. The molecule has 2 rings (SSSR count). The first-order valence-corrected chi connectivity index (χ1v) is 5.66. The second-order valence-electron chi connectivity index (χ2n) is 4.26. The molecular formula is C14H11F3N2O. The fraction of sp³-hybridized carbons (Fsp3) is 0.0714. The van der Waals surface area contributed by atoms with Gasteiger partial charge in [0.05, 0.1) is 5.56 Å². The summed E-state index contributed by atoms with van der Waals surface area (Å²) in [6, 6.07) is 8.88. The number of alkyl halides is 3. The van der Waals surface area contributed by atoms with E-state index in [-0.39, 0.29) is 11.3 Å². The standard InChI is InChI=1S/C14H11F3N2O/c15-14(16,17)12-7-10(19)4-5-11(12)13(20)8-2-1-3-9(18)6-8/h1-7H,18-19H2. The molecule has 0 heterocycles. The maximum Gasteiger partial charge on any atom is 0.417 e. The van der Waals surface area contributed by atoms with Crippen molar-refractivity contribution in [1.29, 1.82) is 0 Å². The molecule has 0 amide bonds. The molecule has 4 N–H and O–H groups in total. The summed E-state index contributed by atoms with van der Waals surface area (Å²) in [5, 5.41) is 0. The van der Waals surface area contributed by atoms with Crippen LogP contribution in [0.3, 0.4) is 0 Å². The molecule has 0 spiro atoms. The van der Waals surface area contributed by atoms with Gasteiger partial charge in [0.15, 0.2) is 5.78 Å². The monoisotopic (exact) mass is 280 g/mol. The predicted octanol–water partition coefficient (Wildman–Crippen LogP) is 3.10. The number of anilines is 2. The van der Waals surface area contributed by atoms with Crippen molar-refractivity contribution in [1.82, 2.24) is 0 Å². The van der Waals surface area contributed by atoms with E-state index in [9.17, 15) is 18.0 Å². The van der Waals surface area contributed by atoms with E-state index in [0.717, 1.165) is 12.1 Å². The van der Waals surface area contributed by atoms with Gasteiger partial charge in [0.1, 0.15) is 0 Å². The molecule has 0 bridgehead atoms. The average Bonchev–Trinajstić information content (AvgIpc) is 2.37. The topological polar surface area (TPSA) is 69.1 Å². The lowest BCUT2D eigenvalue weighted by Crippen LogP contribution is -2.14. The van der Waals surface area contributed by atoms with Crippen LogP contribution in [-0.2, 0) is 6.18 Å². The fourth-order valence-corrected chi connectivity index (χ4v) is 1.83. The van der Waals surface area contributed by atoms with Crippen molar-refractivity contribution < 1.29 is 18.0 Å². The number of nitrogens with two attached hydrogens (primary N) is 2. The van der Waals surface area contributed by atoms with E-state index in [1.165, 1.54) is 24.3 Å². The number of carbonyl (C=O) groups excluding carboxylic acids is 1. The highest BCUT2D eigenvalue weighted by Crippen LogP contribution is 2.34. The number of hydrogen-bond acceptors (Lipinski definition) is 3. The molecule has 6 heteroatoms. The zero-order chi connectivity index (χ0) is 14.9. The third-order valence-corrected chi connectivity index (χ3v) is 2.74. The van der Waals surface area contributed by atoms with Gasteiger partial charge in [-0.2, -0.15) is 13.2 Å². The molecule has 0 saturated heterocycles. The Hall–Kier alpha value is -2.50. The lowest BCUT2D eigenvalue weighted by molar-refractivity contribution is -0.137. The number of benzene rings is 2. The van der Waals surface area contributed by atoms with Crippen molar-refractivity contribution in [2.24, 2.45) is 0 Å². The maximum absolute atomic E-state index is 13.0. The van der Waals surface area contributed by atoms with Gasteiger partial charge in [-0.1, -0.05) is 12.1 Å². The van der Waals surface area contributed by atoms with Crippen molar-refractivity contribution in [2.45, 2.75) is 6.18 Å². The molecule has 2 aromatic rings. The second-order valence-corrected chi connectivity index (χ2v) is 4.26. The van der Waals surface area contributed by atoms with E-state index in [2.05, 4.69) is 0 Å². The molecule has 0 aliphatic heterocycles. The Balaban J connectivity index is 2.55. The number of nitrogen functional groups attached to an aromatic ring is 2. The fourth-order valence-electron chi connectivity index (χ4n) is 1.83. The number of carbonyl (C=O) groups is 1. The summed E-state index contributed by atoms with van der Waals surface area (Å²) in [6.45, 7) is 0. The smallest absolute Gasteiger partial charge is 0.399 e. The van der Waals surface area contributed by atoms with Crippen LogP contribution >= 0.6 is 0 Å². The third-order valence-electron chi connectivity index (χ3n) is 2.74. The quantitative estimate of drug-likeness (QED) is 0.656. The molecule has 0 saturated carbocycles. The molecule has 3 nitrogen and oxygen atoms in total. The first-order chi connectivity index (χ1) is 9.29. The van der Waals surface area contributed by atoms with Gasteiger partial charge in [-0.05, 0) is 30.3 Å². The first kappa shape index (κ1) is 13.9. The van der Waals surface area contributed by atoms with E-state index >= 15 is 0 Å². The van der Waals surface area contributed by atoms with Gasteiger partial charge in [-0.15, -0.1) is 0 Å². The summed E-state index contributed by atoms with van der Waals surface area (Å²) < 4.78 is 38.9. The summed E-state index contributed by atoms with van der Waals surface area (Å²) in [6.07, 6.45) is -4.65. The van der Waals surface area contributed by atoms with Gasteiger partial charge < -0.3 is 11.5 Å². The van der Waals surface area contributed by atoms with E-state index in [1.54, 1.807) is 6.07 Å². The van der Waals surface area contributed by atoms with Crippen molar-refractivity contribution in [3.8, 4) is 0 Å². The molecule has 0 unspecified atom stereocenters. The van der Waals surface area contributed by atoms with E-state index in [0.29, 0.717) is 5.69 Å². The molecule has 0 aromatic heterocycles. The van der Waals surface area contributed by atoms with Gasteiger partial charge in [0.25, 0.3) is 0 Å². The molecule has 20 heavy (non-hydrogen) atoms. The van der Waals surface area contributed by atoms with Crippen LogP contribution in [0.15, 0.2) is 42.5 Å². The Morgan fingerprint density at radius 2 is 1.60 bits per heavy atom. The normalized spacial score (nSPS) is 11.3. The average molecular weight is 280 g/mol. The zero-order valence-corrected chi connectivity index (χ0v) is 10.2. The molecule has 0 aliphatic carbocycles. The Kier molecular flexibility index (Phi) is 3.40. The van der Waals surface area contributed by atoms with Crippen LogP contribution < -0.4 is 11.5 Å². The second kappa shape index (κ2) is 4.88. The highest BCUT2D eigenvalue weighted by molar-refractivity contribution is 6.10. The molecule has 0 aliphatic rings. The minimum absolute atomic E-state index is 0.0542. The predicted molar refractivity (Wildman–Crippen MR) is 70.1 cm³/mol. The van der Waals surface area contributed by atoms with Crippen LogP contribution in [0.4, 0.5) is 24.5 Å². The number of hydrogen-bond donors (Lipinski definition) is 2. The summed E-state index contributed by atoms with van der Waals surface area (Å²) in [5.74, 6) is -0.746. The van der Waals surface area contributed by atoms with Crippen LogP contribution in [0.2, 0.25) is 0 Å². The highest BCUT2D eigenvalue weighted by atomic mass is 19.4. The highest BCUT2D eigenvalue weighted by Gasteiger charge is 2.35. The van der Waals surface area contributed by atoms with Crippen molar-refractivity contribution in [3.05, 3.63) is 59.2 Å². The Bertz CT molecular complexity index is 666. The summed E-state index contributed by atoms with van der Waals surface area (Å²) in [7, 11) is 0. The van der Waals surface area contributed by atoms with Crippen molar-refractivity contribution in [2.75, 3.05) is 11.5 Å². The first-order valence-electron chi connectivity index (χ1n) is 5.66. The molecule has 0 atom stereocenters. The van der Waals surface area contributed by atoms with Crippen LogP contribution in [-0.4, -0.2) is 5.78 Å². The number of halogens is 3. The van der Waals surface area contributed by atoms with Gasteiger partial charge in [0.2, 0.25) is 0 Å². The zero-order valence-electron chi connectivity index (χ0n) is 10.2. The van der Waals surface area contributed by atoms with E-state index < -0.39 is 23.1 Å². The summed E-state index contributed by atoms with van der Waals surface area (Å²) in [4.78, 5) is 12.2. The van der Waals surface area contributed by atoms with E-state index in [4.69, 9.17) is 11.5 Å². The summed E-state index contributed by atoms with van der Waals surface area (Å²) >= 11 is 0. The lowest BCUT2D eigenvalue weighted by atomic mass is 9.97. The molecular weight excluding hydrogens is 269 g/mol. The van der Waals surface area contributed by atoms with Crippen LogP contribution in [0, 0.1) is 0 Å². The lowest BCUT2D eigenvalue weighted by Gasteiger charge is -2.13. The molecule has 104 valence electrons. The Morgan fingerprint density at radius 3 is 2.20 bits per heavy atom. The SMILES string of the molecule is Nc1cccc(C(=O)c2ccc(N)cc2C(F)(F)F)c1. The maximum atomic E-state index is 13.0. The molecule has 2 aromatic carbocycles. The van der Waals surface area contributed by atoms with Gasteiger partial charge in [-0.25, -0.2) is 0 Å². The third kappa shape index (κ3) is 2.74. The van der Waals surface area contributed by atoms with Crippen LogP contribution in [0.25, 0.3) is 0 Å². The van der Waals surface area contributed by atoms with Crippen molar-refractivity contribution in [3.63, 3.8) is 0 Å². The van der Waals surface area contributed by atoms with Gasteiger partial charge >= 0.3 is 6.18 Å². The van der Waals surface area contributed by atoms with E-state index in [1.807, 2.05) is 0 Å². The van der Waals surface area contributed by atoms with Crippen molar-refractivity contribution >= 4 is 17.2 Å². The van der Waals surface area contributed by atoms with Gasteiger partial charge in [0, 0.05) is 22.5 Å². The Morgan fingerprint density at radius 1 is 0.950 bits per heavy atom. The minimum atomic E-state index is -4.65. The largest absolute Gasteiger partial charge is 0.417 e. The van der Waals surface area contributed by atoms with Crippen LogP contribution in [0.5, 0.6) is 0 Å². The number of ketones is 1. The Labute approximate surface area is 113 Å². The molecule has 0 radical (unpaired) electrons. The van der Waals surface area contributed by atoms with Gasteiger partial charge in [-0.3, -0.25) is 4.79 Å². The van der Waals surface area contributed by atoms with Crippen LogP contribution in [0.1, 0.15) is 21.5 Å². The minimum Gasteiger partial charge on any atom is -0.399 e.